The molecular weight excluding hydrogens is 226 g/mol. The second kappa shape index (κ2) is 3.62. The quantitative estimate of drug-likeness (QED) is 0.858. The van der Waals surface area contributed by atoms with Crippen molar-refractivity contribution in [2.75, 3.05) is 0 Å². The van der Waals surface area contributed by atoms with E-state index in [-0.39, 0.29) is 11.0 Å². The summed E-state index contributed by atoms with van der Waals surface area (Å²) in [7, 11) is 0. The van der Waals surface area contributed by atoms with Gasteiger partial charge in [-0.2, -0.15) is 5.21 Å². The second-order valence-corrected chi connectivity index (χ2v) is 5.60. The number of aromatic amines is 1. The molecule has 0 radical (unpaired) electrons. The van der Waals surface area contributed by atoms with Crippen molar-refractivity contribution < 1.29 is 0 Å². The van der Waals surface area contributed by atoms with Crippen molar-refractivity contribution in [2.24, 2.45) is 5.73 Å². The van der Waals surface area contributed by atoms with Gasteiger partial charge in [0.15, 0.2) is 0 Å². The first-order chi connectivity index (χ1) is 8.53. The van der Waals surface area contributed by atoms with E-state index in [0.29, 0.717) is 5.82 Å². The molecule has 1 aromatic carbocycles. The van der Waals surface area contributed by atoms with Gasteiger partial charge in [0.05, 0.1) is 0 Å². The van der Waals surface area contributed by atoms with Crippen molar-refractivity contribution >= 4 is 0 Å². The van der Waals surface area contributed by atoms with Crippen LogP contribution in [0.15, 0.2) is 24.3 Å². The van der Waals surface area contributed by atoms with Crippen LogP contribution in [0.4, 0.5) is 0 Å². The van der Waals surface area contributed by atoms with Crippen molar-refractivity contribution in [2.45, 2.75) is 37.6 Å². The van der Waals surface area contributed by atoms with Gasteiger partial charge in [0, 0.05) is 16.5 Å². The van der Waals surface area contributed by atoms with Crippen LogP contribution in [0.2, 0.25) is 0 Å². The number of hydrogen-bond donors (Lipinski definition) is 2. The van der Waals surface area contributed by atoms with Crippen molar-refractivity contribution in [3.63, 3.8) is 0 Å². The predicted octanol–water partition coefficient (Wildman–Crippen LogP) is 1.64. The summed E-state index contributed by atoms with van der Waals surface area (Å²) in [6.07, 6.45) is 2.18. The number of aromatic nitrogens is 4. The molecule has 1 aliphatic carbocycles. The van der Waals surface area contributed by atoms with Crippen LogP contribution < -0.4 is 5.73 Å². The molecule has 1 fully saturated rings. The van der Waals surface area contributed by atoms with Crippen LogP contribution in [-0.2, 0) is 5.41 Å². The molecule has 18 heavy (non-hydrogen) atoms. The van der Waals surface area contributed by atoms with Gasteiger partial charge < -0.3 is 5.73 Å². The molecule has 5 nitrogen and oxygen atoms in total. The first kappa shape index (κ1) is 11.3. The van der Waals surface area contributed by atoms with E-state index in [1.54, 1.807) is 0 Å². The molecule has 2 aromatic rings. The van der Waals surface area contributed by atoms with Gasteiger partial charge in [-0.05, 0) is 29.7 Å². The molecule has 94 valence electrons. The Kier molecular flexibility index (Phi) is 2.28. The second-order valence-electron chi connectivity index (χ2n) is 5.60. The summed E-state index contributed by atoms with van der Waals surface area (Å²) in [5.41, 5.74) is 8.47. The molecule has 0 atom stereocenters. The summed E-state index contributed by atoms with van der Waals surface area (Å²) in [6, 6.07) is 8.24. The van der Waals surface area contributed by atoms with Crippen molar-refractivity contribution in [1.82, 2.24) is 20.6 Å². The maximum Gasteiger partial charge on any atom is 0.204 e. The average Bonchev–Trinajstić information content (AvgIpc) is 2.94. The number of rotatable bonds is 3. The Morgan fingerprint density at radius 2 is 2.11 bits per heavy atom. The van der Waals surface area contributed by atoms with Crippen molar-refractivity contribution in [1.29, 1.82) is 0 Å². The zero-order valence-electron chi connectivity index (χ0n) is 10.6. The van der Waals surface area contributed by atoms with Crippen molar-refractivity contribution in [3.8, 4) is 11.4 Å². The molecule has 5 heteroatoms. The Balaban J connectivity index is 2.01. The number of nitrogens with one attached hydrogen (secondary N) is 1. The fourth-order valence-electron chi connectivity index (χ4n) is 2.38. The lowest BCUT2D eigenvalue weighted by Gasteiger charge is -2.32. The Bertz CT molecular complexity index is 555. The number of nitrogens with two attached hydrogens (primary N) is 1. The third-order valence-electron chi connectivity index (χ3n) is 4.22. The largest absolute Gasteiger partial charge is 0.324 e. The van der Waals surface area contributed by atoms with E-state index >= 15 is 0 Å². The minimum Gasteiger partial charge on any atom is -0.324 e. The number of hydrogen-bond acceptors (Lipinski definition) is 4. The Labute approximate surface area is 106 Å². The van der Waals surface area contributed by atoms with Gasteiger partial charge in [-0.3, -0.25) is 0 Å². The molecule has 0 bridgehead atoms. The average molecular weight is 243 g/mol. The zero-order valence-corrected chi connectivity index (χ0v) is 10.6. The predicted molar refractivity (Wildman–Crippen MR) is 68.8 cm³/mol. The Morgan fingerprint density at radius 1 is 1.33 bits per heavy atom. The summed E-state index contributed by atoms with van der Waals surface area (Å²) in [5, 5.41) is 14.1. The zero-order chi connectivity index (χ0) is 12.8. The van der Waals surface area contributed by atoms with E-state index in [1.165, 1.54) is 5.56 Å². The molecule has 0 unspecified atom stereocenters. The van der Waals surface area contributed by atoms with Gasteiger partial charge in [0.2, 0.25) is 5.82 Å². The molecule has 3 rings (SSSR count). The third-order valence-corrected chi connectivity index (χ3v) is 4.22. The van der Waals surface area contributed by atoms with E-state index < -0.39 is 0 Å². The highest BCUT2D eigenvalue weighted by atomic mass is 15.5. The van der Waals surface area contributed by atoms with E-state index in [1.807, 2.05) is 12.1 Å². The smallest absolute Gasteiger partial charge is 0.204 e. The molecule has 0 amide bonds. The minimum absolute atomic E-state index is 0.0350. The van der Waals surface area contributed by atoms with Gasteiger partial charge in [-0.25, -0.2) is 0 Å². The number of H-pyrrole nitrogens is 1. The summed E-state index contributed by atoms with van der Waals surface area (Å²) >= 11 is 0. The van der Waals surface area contributed by atoms with Crippen molar-refractivity contribution in [3.05, 3.63) is 29.8 Å². The summed E-state index contributed by atoms with van der Waals surface area (Å²) in [6.45, 7) is 4.41. The first-order valence-corrected chi connectivity index (χ1v) is 6.16. The Morgan fingerprint density at radius 3 is 2.72 bits per heavy atom. The van der Waals surface area contributed by atoms with Crippen LogP contribution >= 0.6 is 0 Å². The lowest BCUT2D eigenvalue weighted by Crippen LogP contribution is -2.43. The number of nitrogens with zero attached hydrogens (tertiary/aromatic N) is 3. The molecule has 1 heterocycles. The van der Waals surface area contributed by atoms with E-state index in [0.717, 1.165) is 18.4 Å². The van der Waals surface area contributed by atoms with Crippen LogP contribution in [0.25, 0.3) is 11.4 Å². The van der Waals surface area contributed by atoms with E-state index in [4.69, 9.17) is 5.73 Å². The summed E-state index contributed by atoms with van der Waals surface area (Å²) < 4.78 is 0. The molecule has 3 N–H and O–H groups in total. The van der Waals surface area contributed by atoms with Gasteiger partial charge >= 0.3 is 0 Å². The minimum atomic E-state index is -0.0666. The monoisotopic (exact) mass is 243 g/mol. The standard InChI is InChI=1S/C13H17N5/c1-12(2,13(14)6-7-13)10-5-3-4-9(8-10)11-15-17-18-16-11/h3-5,8H,6-7,14H2,1-2H3,(H,15,16,17,18). The molecule has 1 saturated carbocycles. The molecule has 1 aliphatic rings. The maximum absolute atomic E-state index is 6.38. The number of benzene rings is 1. The highest BCUT2D eigenvalue weighted by Gasteiger charge is 2.51. The third kappa shape index (κ3) is 1.62. The van der Waals surface area contributed by atoms with Crippen LogP contribution in [0, 0.1) is 0 Å². The SMILES string of the molecule is CC(C)(c1cccc(-c2nn[nH]n2)c1)C1(N)CC1. The summed E-state index contributed by atoms with van der Waals surface area (Å²) in [5.74, 6) is 0.620. The van der Waals surface area contributed by atoms with Gasteiger partial charge in [0.1, 0.15) is 0 Å². The fourth-order valence-corrected chi connectivity index (χ4v) is 2.38. The lowest BCUT2D eigenvalue weighted by molar-refractivity contribution is 0.391. The highest BCUT2D eigenvalue weighted by molar-refractivity contribution is 5.56. The maximum atomic E-state index is 6.38. The molecule has 0 aliphatic heterocycles. The molecule has 0 spiro atoms. The van der Waals surface area contributed by atoms with E-state index in [9.17, 15) is 0 Å². The molecule has 0 saturated heterocycles. The van der Waals surface area contributed by atoms with Crippen LogP contribution in [0.5, 0.6) is 0 Å². The fraction of sp³-hybridized carbons (Fsp3) is 0.462. The Hall–Kier alpha value is -1.75. The van der Waals surface area contributed by atoms with Gasteiger partial charge in [0.25, 0.3) is 0 Å². The lowest BCUT2D eigenvalue weighted by atomic mass is 9.75. The number of tetrazole rings is 1. The van der Waals surface area contributed by atoms with Crippen LogP contribution in [0.1, 0.15) is 32.3 Å². The van der Waals surface area contributed by atoms with Crippen LogP contribution in [0.3, 0.4) is 0 Å². The topological polar surface area (TPSA) is 80.5 Å². The van der Waals surface area contributed by atoms with Gasteiger partial charge in [-0.15, -0.1) is 10.2 Å². The normalized spacial score (nSPS) is 17.7. The first-order valence-electron chi connectivity index (χ1n) is 6.16. The van der Waals surface area contributed by atoms with Gasteiger partial charge in [-0.1, -0.05) is 32.0 Å². The molecular formula is C13H17N5. The highest BCUT2D eigenvalue weighted by Crippen LogP contribution is 2.49. The van der Waals surface area contributed by atoms with E-state index in [2.05, 4.69) is 46.6 Å². The summed E-state index contributed by atoms with van der Waals surface area (Å²) in [4.78, 5) is 0. The molecule has 1 aromatic heterocycles. The van der Waals surface area contributed by atoms with Crippen LogP contribution in [-0.4, -0.2) is 26.2 Å².